The van der Waals surface area contributed by atoms with Crippen LogP contribution in [0, 0.1) is 0 Å². The summed E-state index contributed by atoms with van der Waals surface area (Å²) in [7, 11) is 0. The highest BCUT2D eigenvalue weighted by Crippen LogP contribution is 2.54. The highest BCUT2D eigenvalue weighted by Gasteiger charge is 2.43. The van der Waals surface area contributed by atoms with Gasteiger partial charge in [-0.1, -0.05) is 115 Å². The van der Waals surface area contributed by atoms with Crippen molar-refractivity contribution in [2.75, 3.05) is 4.90 Å². The Morgan fingerprint density at radius 3 is 1.89 bits per heavy atom. The third-order valence-corrected chi connectivity index (χ3v) is 8.68. The van der Waals surface area contributed by atoms with Gasteiger partial charge < -0.3 is 9.32 Å². The maximum Gasteiger partial charge on any atom is 0.164 e. The molecule has 7 aromatic rings. The van der Waals surface area contributed by atoms with Crippen molar-refractivity contribution in [2.45, 2.75) is 12.0 Å². The molecular formula is C39H26N4O. The second kappa shape index (κ2) is 9.89. The first kappa shape index (κ1) is 24.8. The number of para-hydroxylation sites is 2. The first-order valence-corrected chi connectivity index (χ1v) is 14.9. The molecular weight excluding hydrogens is 540 g/mol. The SMILES string of the molecule is C1=CC2C(c3ccccc3N2c2ccccc2)c2c1oc1cccc(-c3nc(-c4ccccc4)nc(-c4ccccc4)n3)c21. The third kappa shape index (κ3) is 3.83. The van der Waals surface area contributed by atoms with E-state index in [1.54, 1.807) is 0 Å². The van der Waals surface area contributed by atoms with E-state index in [0.717, 1.165) is 33.4 Å². The van der Waals surface area contributed by atoms with Crippen LogP contribution in [0.15, 0.2) is 144 Å². The standard InChI is InChI=1S/C39H26N4O/c1-4-13-25(14-5-1)37-40-38(26-15-6-2-7-16-26)42-39(41-37)29-20-12-22-32-35(29)36-33(44-32)24-23-31-34(36)28-19-10-11-21-30(28)43(31)27-17-8-3-9-18-27/h1-24,31,34H. The number of aromatic nitrogens is 3. The van der Waals surface area contributed by atoms with Gasteiger partial charge in [-0.2, -0.15) is 0 Å². The van der Waals surface area contributed by atoms with Crippen molar-refractivity contribution in [1.29, 1.82) is 0 Å². The molecule has 0 radical (unpaired) electrons. The van der Waals surface area contributed by atoms with Gasteiger partial charge >= 0.3 is 0 Å². The molecule has 5 aromatic carbocycles. The Morgan fingerprint density at radius 1 is 0.568 bits per heavy atom. The van der Waals surface area contributed by atoms with Gasteiger partial charge in [-0.3, -0.25) is 0 Å². The Balaban J connectivity index is 1.28. The summed E-state index contributed by atoms with van der Waals surface area (Å²) < 4.78 is 6.57. The zero-order valence-electron chi connectivity index (χ0n) is 23.7. The van der Waals surface area contributed by atoms with E-state index in [9.17, 15) is 0 Å². The monoisotopic (exact) mass is 566 g/mol. The van der Waals surface area contributed by atoms with Crippen molar-refractivity contribution < 1.29 is 4.42 Å². The number of hydrogen-bond acceptors (Lipinski definition) is 5. The summed E-state index contributed by atoms with van der Waals surface area (Å²) in [5.41, 5.74) is 8.51. The van der Waals surface area contributed by atoms with E-state index in [-0.39, 0.29) is 12.0 Å². The van der Waals surface area contributed by atoms with Gasteiger partial charge in [-0.05, 0) is 35.9 Å². The molecule has 5 nitrogen and oxygen atoms in total. The smallest absolute Gasteiger partial charge is 0.164 e. The lowest BCUT2D eigenvalue weighted by Crippen LogP contribution is -2.30. The summed E-state index contributed by atoms with van der Waals surface area (Å²) in [5, 5.41) is 1.05. The molecule has 3 heterocycles. The molecule has 0 fully saturated rings. The molecule has 0 saturated carbocycles. The number of anilines is 2. The number of nitrogens with zero attached hydrogens (tertiary/aromatic N) is 4. The zero-order valence-corrected chi connectivity index (χ0v) is 23.7. The van der Waals surface area contributed by atoms with E-state index in [2.05, 4.69) is 77.7 Å². The normalized spacial score (nSPS) is 16.5. The summed E-state index contributed by atoms with van der Waals surface area (Å²) in [6.45, 7) is 0. The van der Waals surface area contributed by atoms with Crippen LogP contribution in [0.2, 0.25) is 0 Å². The van der Waals surface area contributed by atoms with Crippen LogP contribution >= 0.6 is 0 Å². The number of fused-ring (bicyclic) bond motifs is 7. The molecule has 0 bridgehead atoms. The lowest BCUT2D eigenvalue weighted by Gasteiger charge is -2.30. The lowest BCUT2D eigenvalue weighted by atomic mass is 9.82. The molecule has 9 rings (SSSR count). The second-order valence-corrected chi connectivity index (χ2v) is 11.2. The first-order valence-electron chi connectivity index (χ1n) is 14.9. The molecule has 2 unspecified atom stereocenters. The van der Waals surface area contributed by atoms with Crippen molar-refractivity contribution >= 4 is 28.4 Å². The highest BCUT2D eigenvalue weighted by atomic mass is 16.3. The van der Waals surface area contributed by atoms with Gasteiger partial charge in [0.1, 0.15) is 11.3 Å². The third-order valence-electron chi connectivity index (χ3n) is 8.68. The Hall–Kier alpha value is -5.81. The van der Waals surface area contributed by atoms with E-state index in [1.165, 1.54) is 22.5 Å². The highest BCUT2D eigenvalue weighted by molar-refractivity contribution is 5.99. The van der Waals surface area contributed by atoms with Crippen molar-refractivity contribution in [3.8, 4) is 34.2 Å². The van der Waals surface area contributed by atoms with E-state index >= 15 is 0 Å². The minimum Gasteiger partial charge on any atom is -0.456 e. The van der Waals surface area contributed by atoms with Gasteiger partial charge in [0.2, 0.25) is 0 Å². The molecule has 1 aliphatic carbocycles. The second-order valence-electron chi connectivity index (χ2n) is 11.2. The number of rotatable bonds is 4. The van der Waals surface area contributed by atoms with Crippen molar-refractivity contribution in [3.63, 3.8) is 0 Å². The van der Waals surface area contributed by atoms with Crippen molar-refractivity contribution in [2.24, 2.45) is 0 Å². The van der Waals surface area contributed by atoms with Crippen LogP contribution < -0.4 is 4.90 Å². The summed E-state index contributed by atoms with van der Waals surface area (Å²) in [5.74, 6) is 2.88. The number of furan rings is 1. The Morgan fingerprint density at radius 2 is 1.18 bits per heavy atom. The Bertz CT molecular complexity index is 2130. The quantitative estimate of drug-likeness (QED) is 0.212. The van der Waals surface area contributed by atoms with E-state index < -0.39 is 0 Å². The summed E-state index contributed by atoms with van der Waals surface area (Å²) >= 11 is 0. The topological polar surface area (TPSA) is 55.1 Å². The fourth-order valence-corrected chi connectivity index (χ4v) is 6.81. The molecule has 0 N–H and O–H groups in total. The molecule has 0 spiro atoms. The average molecular weight is 567 g/mol. The summed E-state index contributed by atoms with van der Waals surface area (Å²) in [4.78, 5) is 17.5. The van der Waals surface area contributed by atoms with E-state index in [0.29, 0.717) is 17.5 Å². The lowest BCUT2D eigenvalue weighted by molar-refractivity contribution is 0.584. The molecule has 0 saturated heterocycles. The van der Waals surface area contributed by atoms with Gasteiger partial charge in [0.25, 0.3) is 0 Å². The van der Waals surface area contributed by atoms with Crippen LogP contribution in [0.3, 0.4) is 0 Å². The van der Waals surface area contributed by atoms with Gasteiger partial charge in [0, 0.05) is 44.9 Å². The zero-order chi connectivity index (χ0) is 29.0. The fraction of sp³-hybridized carbons (Fsp3) is 0.0513. The molecule has 2 atom stereocenters. The molecule has 5 heteroatoms. The molecule has 0 amide bonds. The molecule has 2 aromatic heterocycles. The molecule has 2 aliphatic rings. The van der Waals surface area contributed by atoms with Crippen LogP contribution in [0.25, 0.3) is 51.2 Å². The van der Waals surface area contributed by atoms with Crippen LogP contribution in [0.4, 0.5) is 11.4 Å². The van der Waals surface area contributed by atoms with E-state index in [1.807, 2.05) is 72.8 Å². The van der Waals surface area contributed by atoms with Crippen molar-refractivity contribution in [1.82, 2.24) is 15.0 Å². The van der Waals surface area contributed by atoms with Crippen LogP contribution in [0.5, 0.6) is 0 Å². The largest absolute Gasteiger partial charge is 0.456 e. The summed E-state index contributed by atoms with van der Waals surface area (Å²) in [6, 6.07) is 45.9. The Kier molecular flexibility index (Phi) is 5.56. The van der Waals surface area contributed by atoms with Crippen molar-refractivity contribution in [3.05, 3.63) is 156 Å². The number of benzene rings is 5. The minimum atomic E-state index is 0.0813. The van der Waals surface area contributed by atoms with Gasteiger partial charge in [0.05, 0.1) is 6.04 Å². The molecule has 1 aliphatic heterocycles. The predicted molar refractivity (Wildman–Crippen MR) is 176 cm³/mol. The van der Waals surface area contributed by atoms with Gasteiger partial charge in [0.15, 0.2) is 17.5 Å². The van der Waals surface area contributed by atoms with Gasteiger partial charge in [-0.25, -0.2) is 15.0 Å². The maximum absolute atomic E-state index is 6.57. The predicted octanol–water partition coefficient (Wildman–Crippen LogP) is 9.30. The Labute approximate surface area is 254 Å². The fourth-order valence-electron chi connectivity index (χ4n) is 6.81. The van der Waals surface area contributed by atoms with Crippen LogP contribution in [-0.2, 0) is 0 Å². The maximum atomic E-state index is 6.57. The van der Waals surface area contributed by atoms with Crippen LogP contribution in [0.1, 0.15) is 22.8 Å². The van der Waals surface area contributed by atoms with Crippen LogP contribution in [-0.4, -0.2) is 21.0 Å². The average Bonchev–Trinajstić information content (AvgIpc) is 3.65. The summed E-state index contributed by atoms with van der Waals surface area (Å²) in [6.07, 6.45) is 4.42. The number of hydrogen-bond donors (Lipinski definition) is 0. The van der Waals surface area contributed by atoms with Gasteiger partial charge in [-0.15, -0.1) is 0 Å². The molecule has 208 valence electrons. The first-order chi connectivity index (χ1) is 21.8. The molecule has 44 heavy (non-hydrogen) atoms. The minimum absolute atomic E-state index is 0.0813. The van der Waals surface area contributed by atoms with E-state index in [4.69, 9.17) is 19.4 Å².